The summed E-state index contributed by atoms with van der Waals surface area (Å²) in [5.41, 5.74) is 3.89. The van der Waals surface area contributed by atoms with Crippen LogP contribution in [0.15, 0.2) is 110 Å². The first-order valence-electron chi connectivity index (χ1n) is 11.0. The van der Waals surface area contributed by atoms with Gasteiger partial charge < -0.3 is 14.0 Å². The molecular weight excluding hydrogens is 396 g/mol. The fourth-order valence-electron chi connectivity index (χ4n) is 4.44. The summed E-state index contributed by atoms with van der Waals surface area (Å²) in [6, 6.07) is 31.8. The Morgan fingerprint density at radius 2 is 1.28 bits per heavy atom. The zero-order chi connectivity index (χ0) is 21.6. The summed E-state index contributed by atoms with van der Waals surface area (Å²) in [7, 11) is 0. The molecule has 160 valence electrons. The minimum Gasteiger partial charge on any atom is -0.350 e. The zero-order valence-corrected chi connectivity index (χ0v) is 17.9. The van der Waals surface area contributed by atoms with Crippen LogP contribution in [0.4, 0.5) is 0 Å². The predicted molar refractivity (Wildman–Crippen MR) is 126 cm³/mol. The maximum atomic E-state index is 5.52. The summed E-state index contributed by atoms with van der Waals surface area (Å²) in [6.07, 6.45) is 8.71. The monoisotopic (exact) mass is 422 g/mol. The van der Waals surface area contributed by atoms with Gasteiger partial charge in [0, 0.05) is 12.6 Å². The minimum absolute atomic E-state index is 0.148. The molecule has 1 saturated heterocycles. The molecule has 0 atom stereocenters. The fraction of sp³-hybridized carbons (Fsp3) is 0.179. The van der Waals surface area contributed by atoms with Crippen molar-refractivity contribution in [1.29, 1.82) is 0 Å². The Kier molecular flexibility index (Phi) is 5.97. The molecule has 0 bridgehead atoms. The van der Waals surface area contributed by atoms with Gasteiger partial charge in [0.1, 0.15) is 5.54 Å². The highest BCUT2D eigenvalue weighted by atomic mass is 16.7. The number of benzene rings is 3. The third-order valence-electron chi connectivity index (χ3n) is 5.87. The van der Waals surface area contributed by atoms with Crippen LogP contribution in [0.3, 0.4) is 0 Å². The Morgan fingerprint density at radius 3 is 1.78 bits per heavy atom. The molecule has 1 aromatic heterocycles. The highest BCUT2D eigenvalue weighted by Crippen LogP contribution is 2.40. The van der Waals surface area contributed by atoms with Crippen LogP contribution < -0.4 is 0 Å². The molecule has 2 heterocycles. The van der Waals surface area contributed by atoms with E-state index in [9.17, 15) is 0 Å². The van der Waals surface area contributed by atoms with E-state index in [0.29, 0.717) is 19.6 Å². The molecule has 4 aromatic rings. The van der Waals surface area contributed by atoms with E-state index < -0.39 is 5.54 Å². The summed E-state index contributed by atoms with van der Waals surface area (Å²) >= 11 is 0. The highest BCUT2D eigenvalue weighted by Gasteiger charge is 2.38. The second-order valence-electron chi connectivity index (χ2n) is 7.82. The first kappa shape index (κ1) is 20.4. The van der Waals surface area contributed by atoms with E-state index >= 15 is 0 Å². The van der Waals surface area contributed by atoms with Crippen molar-refractivity contribution >= 4 is 6.08 Å². The number of imidazole rings is 1. The molecule has 5 rings (SSSR count). The Balaban J connectivity index is 1.62. The molecule has 1 aliphatic heterocycles. The van der Waals surface area contributed by atoms with Gasteiger partial charge in [-0.15, -0.1) is 0 Å². The minimum atomic E-state index is -0.541. The number of nitrogens with zero attached hydrogens (tertiary/aromatic N) is 2. The molecule has 0 N–H and O–H groups in total. The van der Waals surface area contributed by atoms with Gasteiger partial charge in [0.05, 0.1) is 25.2 Å². The van der Waals surface area contributed by atoms with Crippen LogP contribution in [0.25, 0.3) is 6.08 Å². The Labute approximate surface area is 188 Å². The molecule has 3 aromatic carbocycles. The van der Waals surface area contributed by atoms with Crippen molar-refractivity contribution < 1.29 is 9.47 Å². The van der Waals surface area contributed by atoms with Gasteiger partial charge in [0.2, 0.25) is 0 Å². The summed E-state index contributed by atoms with van der Waals surface area (Å²) in [4.78, 5) is 4.72. The predicted octanol–water partition coefficient (Wildman–Crippen LogP) is 5.50. The third kappa shape index (κ3) is 3.91. The van der Waals surface area contributed by atoms with Crippen molar-refractivity contribution in [1.82, 2.24) is 9.55 Å². The molecule has 0 saturated carbocycles. The number of hydrogen-bond donors (Lipinski definition) is 0. The van der Waals surface area contributed by atoms with Gasteiger partial charge in [0.15, 0.2) is 6.29 Å². The van der Waals surface area contributed by atoms with Crippen LogP contribution in [0.2, 0.25) is 0 Å². The van der Waals surface area contributed by atoms with E-state index in [-0.39, 0.29) is 6.29 Å². The molecule has 0 aliphatic carbocycles. The lowest BCUT2D eigenvalue weighted by Crippen LogP contribution is -2.36. The number of aromatic nitrogens is 2. The van der Waals surface area contributed by atoms with E-state index in [1.807, 2.05) is 12.4 Å². The summed E-state index contributed by atoms with van der Waals surface area (Å²) < 4.78 is 13.3. The molecule has 32 heavy (non-hydrogen) atoms. The first-order chi connectivity index (χ1) is 15.9. The van der Waals surface area contributed by atoms with E-state index in [4.69, 9.17) is 14.5 Å². The normalized spacial score (nSPS) is 14.9. The molecule has 4 heteroatoms. The highest BCUT2D eigenvalue weighted by molar-refractivity contribution is 5.52. The van der Waals surface area contributed by atoms with Crippen molar-refractivity contribution in [2.24, 2.45) is 0 Å². The number of ether oxygens (including phenoxy) is 2. The van der Waals surface area contributed by atoms with Crippen molar-refractivity contribution in [3.05, 3.63) is 132 Å². The lowest BCUT2D eigenvalue weighted by atomic mass is 9.77. The SMILES string of the molecule is C(=C/c1cn(C(c2ccccc2)(c2ccccc2)c2ccccc2)cn1)/CC1OCCO1. The molecule has 0 spiro atoms. The van der Waals surface area contributed by atoms with E-state index in [0.717, 1.165) is 5.69 Å². The lowest BCUT2D eigenvalue weighted by molar-refractivity contribution is -0.0379. The fourth-order valence-corrected chi connectivity index (χ4v) is 4.44. The van der Waals surface area contributed by atoms with Crippen molar-refractivity contribution in [3.8, 4) is 0 Å². The maximum Gasteiger partial charge on any atom is 0.161 e. The Hall–Kier alpha value is -3.47. The van der Waals surface area contributed by atoms with Crippen LogP contribution in [0.1, 0.15) is 28.8 Å². The van der Waals surface area contributed by atoms with Crippen molar-refractivity contribution in [2.45, 2.75) is 18.2 Å². The summed E-state index contributed by atoms with van der Waals surface area (Å²) in [5.74, 6) is 0. The van der Waals surface area contributed by atoms with Crippen LogP contribution in [-0.4, -0.2) is 29.1 Å². The average molecular weight is 423 g/mol. The van der Waals surface area contributed by atoms with E-state index in [1.54, 1.807) is 0 Å². The molecule has 0 radical (unpaired) electrons. The second-order valence-corrected chi connectivity index (χ2v) is 7.82. The van der Waals surface area contributed by atoms with Gasteiger partial charge in [-0.25, -0.2) is 4.98 Å². The van der Waals surface area contributed by atoms with Gasteiger partial charge >= 0.3 is 0 Å². The zero-order valence-electron chi connectivity index (χ0n) is 17.9. The van der Waals surface area contributed by atoms with Gasteiger partial charge in [-0.3, -0.25) is 0 Å². The topological polar surface area (TPSA) is 36.3 Å². The van der Waals surface area contributed by atoms with Crippen LogP contribution in [0.5, 0.6) is 0 Å². The van der Waals surface area contributed by atoms with Gasteiger partial charge in [-0.1, -0.05) is 97.1 Å². The Bertz CT molecular complexity index is 1050. The molecule has 1 fully saturated rings. The maximum absolute atomic E-state index is 5.52. The Morgan fingerprint density at radius 1 is 0.781 bits per heavy atom. The van der Waals surface area contributed by atoms with Crippen molar-refractivity contribution in [3.63, 3.8) is 0 Å². The molecule has 4 nitrogen and oxygen atoms in total. The van der Waals surface area contributed by atoms with Crippen LogP contribution in [-0.2, 0) is 15.0 Å². The lowest BCUT2D eigenvalue weighted by Gasteiger charge is -2.37. The largest absolute Gasteiger partial charge is 0.350 e. The number of rotatable bonds is 7. The smallest absolute Gasteiger partial charge is 0.161 e. The van der Waals surface area contributed by atoms with Crippen molar-refractivity contribution in [2.75, 3.05) is 13.2 Å². The summed E-state index contributed by atoms with van der Waals surface area (Å²) in [6.45, 7) is 1.34. The van der Waals surface area contributed by atoms with E-state index in [1.165, 1.54) is 16.7 Å². The van der Waals surface area contributed by atoms with Gasteiger partial charge in [0.25, 0.3) is 0 Å². The second kappa shape index (κ2) is 9.35. The molecule has 0 unspecified atom stereocenters. The number of hydrogen-bond acceptors (Lipinski definition) is 3. The molecular formula is C28H26N2O2. The first-order valence-corrected chi connectivity index (χ1v) is 11.0. The van der Waals surface area contributed by atoms with E-state index in [2.05, 4.69) is 108 Å². The summed E-state index contributed by atoms with van der Waals surface area (Å²) in [5, 5.41) is 0. The molecule has 0 amide bonds. The van der Waals surface area contributed by atoms with Crippen LogP contribution >= 0.6 is 0 Å². The third-order valence-corrected chi connectivity index (χ3v) is 5.87. The van der Waals surface area contributed by atoms with Crippen LogP contribution in [0, 0.1) is 0 Å². The molecule has 1 aliphatic rings. The van der Waals surface area contributed by atoms with Gasteiger partial charge in [-0.05, 0) is 22.8 Å². The van der Waals surface area contributed by atoms with Gasteiger partial charge in [-0.2, -0.15) is 0 Å². The average Bonchev–Trinajstić information content (AvgIpc) is 3.55. The standard InChI is InChI=1S/C28H26N2O2/c1-4-11-23(12-5-1)28(24-13-6-2-7-14-24,25-15-8-3-9-16-25)30-21-26(29-22-30)17-10-18-27-31-19-20-32-27/h1-17,21-22,27H,18-20H2/b17-10-. The quantitative estimate of drug-likeness (QED) is 0.369.